The van der Waals surface area contributed by atoms with E-state index in [-0.39, 0.29) is 5.41 Å². The van der Waals surface area contributed by atoms with Crippen molar-refractivity contribution in [2.75, 3.05) is 11.9 Å². The molecule has 3 aromatic heterocycles. The van der Waals surface area contributed by atoms with Crippen LogP contribution in [0.3, 0.4) is 0 Å². The zero-order chi connectivity index (χ0) is 14.9. The SMILES string of the molecule is CCC(C)(C)CNc1ccc2nnc(-c3ccsc3)n2n1. The standard InChI is InChI=1S/C15H19N5S/c1-4-15(2,3)10-16-12-5-6-13-17-18-14(20(13)19-12)11-7-8-21-9-11/h5-9H,4,10H2,1-3H3,(H,16,19). The monoisotopic (exact) mass is 301 g/mol. The molecule has 0 unspecified atom stereocenters. The Balaban J connectivity index is 1.90. The molecule has 3 heterocycles. The van der Waals surface area contributed by atoms with Crippen LogP contribution in [0.4, 0.5) is 5.82 Å². The average molecular weight is 301 g/mol. The van der Waals surface area contributed by atoms with Gasteiger partial charge in [0.25, 0.3) is 0 Å². The summed E-state index contributed by atoms with van der Waals surface area (Å²) >= 11 is 1.64. The van der Waals surface area contributed by atoms with E-state index < -0.39 is 0 Å². The normalized spacial score (nSPS) is 12.0. The van der Waals surface area contributed by atoms with E-state index in [0.717, 1.165) is 35.8 Å². The molecule has 0 spiro atoms. The minimum absolute atomic E-state index is 0.250. The molecule has 0 radical (unpaired) electrons. The predicted molar refractivity (Wildman–Crippen MR) is 86.7 cm³/mol. The lowest BCUT2D eigenvalue weighted by molar-refractivity contribution is 0.376. The van der Waals surface area contributed by atoms with Gasteiger partial charge in [0.1, 0.15) is 5.82 Å². The largest absolute Gasteiger partial charge is 0.368 e. The Hall–Kier alpha value is -1.95. The van der Waals surface area contributed by atoms with E-state index in [1.54, 1.807) is 15.9 Å². The van der Waals surface area contributed by atoms with Crippen LogP contribution < -0.4 is 5.32 Å². The van der Waals surface area contributed by atoms with Crippen LogP contribution in [-0.2, 0) is 0 Å². The molecule has 1 N–H and O–H groups in total. The van der Waals surface area contributed by atoms with Gasteiger partial charge in [0, 0.05) is 17.5 Å². The molecule has 5 nitrogen and oxygen atoms in total. The number of hydrogen-bond acceptors (Lipinski definition) is 5. The van der Waals surface area contributed by atoms with Crippen molar-refractivity contribution in [3.05, 3.63) is 29.0 Å². The summed E-state index contributed by atoms with van der Waals surface area (Å²) in [4.78, 5) is 0. The second kappa shape index (κ2) is 5.44. The van der Waals surface area contributed by atoms with Crippen LogP contribution in [0.2, 0.25) is 0 Å². The molecule has 0 amide bonds. The third-order valence-corrected chi connectivity index (χ3v) is 4.43. The summed E-state index contributed by atoms with van der Waals surface area (Å²) in [7, 11) is 0. The lowest BCUT2D eigenvalue weighted by Gasteiger charge is -2.23. The maximum Gasteiger partial charge on any atom is 0.186 e. The summed E-state index contributed by atoms with van der Waals surface area (Å²) in [6, 6.07) is 5.92. The molecule has 0 saturated carbocycles. The van der Waals surface area contributed by atoms with Gasteiger partial charge in [-0.25, -0.2) is 0 Å². The molecule has 0 aliphatic heterocycles. The van der Waals surface area contributed by atoms with Gasteiger partial charge in [0.2, 0.25) is 0 Å². The van der Waals surface area contributed by atoms with E-state index in [1.165, 1.54) is 0 Å². The van der Waals surface area contributed by atoms with Crippen LogP contribution in [0.1, 0.15) is 27.2 Å². The second-order valence-corrected chi connectivity index (χ2v) is 6.68. The van der Waals surface area contributed by atoms with Gasteiger partial charge in [0.05, 0.1) is 0 Å². The zero-order valence-electron chi connectivity index (χ0n) is 12.5. The van der Waals surface area contributed by atoms with Crippen LogP contribution >= 0.6 is 11.3 Å². The Morgan fingerprint density at radius 3 is 2.81 bits per heavy atom. The number of nitrogens with zero attached hydrogens (tertiary/aromatic N) is 4. The van der Waals surface area contributed by atoms with Crippen molar-refractivity contribution in [2.45, 2.75) is 27.2 Å². The molecule has 0 aliphatic rings. The van der Waals surface area contributed by atoms with Gasteiger partial charge in [0.15, 0.2) is 11.5 Å². The fraction of sp³-hybridized carbons (Fsp3) is 0.400. The number of nitrogens with one attached hydrogen (secondary N) is 1. The van der Waals surface area contributed by atoms with Crippen LogP contribution in [0.5, 0.6) is 0 Å². The highest BCUT2D eigenvalue weighted by atomic mass is 32.1. The summed E-state index contributed by atoms with van der Waals surface area (Å²) in [6.07, 6.45) is 1.12. The van der Waals surface area contributed by atoms with Gasteiger partial charge in [-0.1, -0.05) is 20.8 Å². The molecule has 21 heavy (non-hydrogen) atoms. The number of thiophene rings is 1. The molecule has 0 saturated heterocycles. The van der Waals surface area contributed by atoms with E-state index in [2.05, 4.69) is 46.8 Å². The highest BCUT2D eigenvalue weighted by molar-refractivity contribution is 7.08. The van der Waals surface area contributed by atoms with Crippen LogP contribution in [-0.4, -0.2) is 26.4 Å². The van der Waals surface area contributed by atoms with Gasteiger partial charge >= 0.3 is 0 Å². The van der Waals surface area contributed by atoms with Crippen LogP contribution in [0.15, 0.2) is 29.0 Å². The van der Waals surface area contributed by atoms with Gasteiger partial charge in [-0.2, -0.15) is 15.9 Å². The van der Waals surface area contributed by atoms with Crippen molar-refractivity contribution in [1.29, 1.82) is 0 Å². The number of anilines is 1. The summed E-state index contributed by atoms with van der Waals surface area (Å²) in [5.74, 6) is 1.63. The number of hydrogen-bond donors (Lipinski definition) is 1. The molecule has 0 aromatic carbocycles. The zero-order valence-corrected chi connectivity index (χ0v) is 13.3. The van der Waals surface area contributed by atoms with Crippen molar-refractivity contribution < 1.29 is 0 Å². The van der Waals surface area contributed by atoms with Gasteiger partial charge < -0.3 is 5.32 Å². The van der Waals surface area contributed by atoms with Gasteiger partial charge in [-0.05, 0) is 35.4 Å². The van der Waals surface area contributed by atoms with Crippen molar-refractivity contribution in [3.63, 3.8) is 0 Å². The fourth-order valence-corrected chi connectivity index (χ4v) is 2.54. The predicted octanol–water partition coefficient (Wildman–Crippen LogP) is 3.70. The minimum atomic E-state index is 0.250. The minimum Gasteiger partial charge on any atom is -0.368 e. The van der Waals surface area contributed by atoms with Gasteiger partial charge in [-0.3, -0.25) is 0 Å². The first-order valence-corrected chi connectivity index (χ1v) is 8.02. The third kappa shape index (κ3) is 2.90. The molecule has 0 atom stereocenters. The number of aromatic nitrogens is 4. The first kappa shape index (κ1) is 14.0. The summed E-state index contributed by atoms with van der Waals surface area (Å²) in [5.41, 5.74) is 2.06. The Kier molecular flexibility index (Phi) is 3.63. The smallest absolute Gasteiger partial charge is 0.186 e. The molecular formula is C15H19N5S. The van der Waals surface area contributed by atoms with Gasteiger partial charge in [-0.15, -0.1) is 15.3 Å². The Bertz CT molecular complexity index is 730. The number of fused-ring (bicyclic) bond motifs is 1. The first-order chi connectivity index (χ1) is 10.1. The molecule has 0 fully saturated rings. The lowest BCUT2D eigenvalue weighted by Crippen LogP contribution is -2.22. The van der Waals surface area contributed by atoms with E-state index in [4.69, 9.17) is 0 Å². The van der Waals surface area contributed by atoms with Crippen molar-refractivity contribution in [1.82, 2.24) is 19.8 Å². The summed E-state index contributed by atoms with van der Waals surface area (Å²) in [6.45, 7) is 7.58. The first-order valence-electron chi connectivity index (χ1n) is 7.08. The summed E-state index contributed by atoms with van der Waals surface area (Å²) < 4.78 is 1.79. The molecule has 3 rings (SSSR count). The second-order valence-electron chi connectivity index (χ2n) is 5.90. The van der Waals surface area contributed by atoms with Crippen LogP contribution in [0.25, 0.3) is 17.0 Å². The Labute approximate surface area is 128 Å². The molecule has 3 aromatic rings. The molecule has 0 bridgehead atoms. The lowest BCUT2D eigenvalue weighted by atomic mass is 9.90. The highest BCUT2D eigenvalue weighted by Crippen LogP contribution is 2.22. The van der Waals surface area contributed by atoms with Crippen molar-refractivity contribution in [3.8, 4) is 11.4 Å². The highest BCUT2D eigenvalue weighted by Gasteiger charge is 2.15. The van der Waals surface area contributed by atoms with Crippen LogP contribution in [0, 0.1) is 5.41 Å². The molecule has 110 valence electrons. The third-order valence-electron chi connectivity index (χ3n) is 3.75. The van der Waals surface area contributed by atoms with Crippen molar-refractivity contribution in [2.24, 2.45) is 5.41 Å². The molecular weight excluding hydrogens is 282 g/mol. The molecule has 0 aliphatic carbocycles. The van der Waals surface area contributed by atoms with E-state index >= 15 is 0 Å². The fourth-order valence-electron chi connectivity index (χ4n) is 1.91. The maximum atomic E-state index is 4.61. The summed E-state index contributed by atoms with van der Waals surface area (Å²) in [5, 5.41) is 20.5. The Morgan fingerprint density at radius 2 is 2.10 bits per heavy atom. The Morgan fingerprint density at radius 1 is 1.24 bits per heavy atom. The maximum absolute atomic E-state index is 4.61. The number of rotatable bonds is 5. The van der Waals surface area contributed by atoms with E-state index in [1.807, 2.05) is 23.6 Å². The average Bonchev–Trinajstić information content (AvgIpc) is 3.13. The van der Waals surface area contributed by atoms with E-state index in [9.17, 15) is 0 Å². The quantitative estimate of drug-likeness (QED) is 0.780. The topological polar surface area (TPSA) is 55.1 Å². The van der Waals surface area contributed by atoms with E-state index in [0.29, 0.717) is 0 Å². The van der Waals surface area contributed by atoms with Crippen molar-refractivity contribution >= 4 is 22.8 Å². The molecule has 6 heteroatoms.